The normalized spacial score (nSPS) is 11.3. The molecule has 8 heteroatoms. The van der Waals surface area contributed by atoms with Crippen molar-refractivity contribution in [3.63, 3.8) is 0 Å². The molecular formula is C30H35FN6O. The summed E-state index contributed by atoms with van der Waals surface area (Å²) in [5, 5.41) is 17.2. The second-order valence-electron chi connectivity index (χ2n) is 10.5. The van der Waals surface area contributed by atoms with Gasteiger partial charge in [-0.15, -0.1) is 10.2 Å². The van der Waals surface area contributed by atoms with E-state index in [2.05, 4.69) is 58.5 Å². The van der Waals surface area contributed by atoms with Crippen LogP contribution in [0.1, 0.15) is 38.8 Å². The van der Waals surface area contributed by atoms with Crippen LogP contribution in [0.2, 0.25) is 0 Å². The van der Waals surface area contributed by atoms with E-state index in [1.165, 1.54) is 0 Å². The number of halogens is 1. The highest BCUT2D eigenvalue weighted by atomic mass is 19.1. The zero-order chi connectivity index (χ0) is 27.2. The topological polar surface area (TPSA) is 86.8 Å². The van der Waals surface area contributed by atoms with Crippen LogP contribution in [0.15, 0.2) is 60.7 Å². The van der Waals surface area contributed by atoms with Gasteiger partial charge < -0.3 is 10.2 Å². The Labute approximate surface area is 223 Å². The molecule has 4 rings (SSSR count). The maximum atomic E-state index is 16.5. The molecule has 0 aliphatic rings. The molecule has 4 aromatic rings. The summed E-state index contributed by atoms with van der Waals surface area (Å²) >= 11 is 0. The number of nitrogens with zero attached hydrogens (tertiary/aromatic N) is 4. The molecule has 0 atom stereocenters. The van der Waals surface area contributed by atoms with Gasteiger partial charge in [0.2, 0.25) is 11.7 Å². The number of aromatic nitrogens is 4. The molecule has 7 nitrogen and oxygen atoms in total. The third-order valence-electron chi connectivity index (χ3n) is 6.18. The fraction of sp³-hybridized carbons (Fsp3) is 0.333. The molecule has 1 aromatic heterocycles. The first kappa shape index (κ1) is 27.0. The van der Waals surface area contributed by atoms with Gasteiger partial charge in [0.25, 0.3) is 0 Å². The number of anilines is 2. The Morgan fingerprint density at radius 2 is 1.58 bits per heavy atom. The quantitative estimate of drug-likeness (QED) is 0.260. The van der Waals surface area contributed by atoms with Crippen LogP contribution in [0.25, 0.3) is 22.5 Å². The molecule has 2 N–H and O–H groups in total. The SMILES string of the molecule is Cc1ccc(CC(=O)Nc2c(N(CC(C)C)CC(C)C)ccc(-c3ccccc3-c3nn[nH]n3)c2F)cc1. The van der Waals surface area contributed by atoms with Crippen molar-refractivity contribution in [2.45, 2.75) is 41.0 Å². The number of tetrazole rings is 1. The summed E-state index contributed by atoms with van der Waals surface area (Å²) in [6.07, 6.45) is 0.150. The predicted octanol–water partition coefficient (Wildman–Crippen LogP) is 6.28. The lowest BCUT2D eigenvalue weighted by Gasteiger charge is -2.31. The monoisotopic (exact) mass is 514 g/mol. The summed E-state index contributed by atoms with van der Waals surface area (Å²) in [5.41, 5.74) is 4.46. The molecular weight excluding hydrogens is 479 g/mol. The summed E-state index contributed by atoms with van der Waals surface area (Å²) in [6, 6.07) is 18.8. The molecule has 1 heterocycles. The summed E-state index contributed by atoms with van der Waals surface area (Å²) < 4.78 is 16.5. The van der Waals surface area contributed by atoms with E-state index in [0.29, 0.717) is 40.0 Å². The van der Waals surface area contributed by atoms with Gasteiger partial charge in [0.1, 0.15) is 5.69 Å². The first-order valence-electron chi connectivity index (χ1n) is 13.0. The molecule has 0 saturated carbocycles. The van der Waals surface area contributed by atoms with E-state index in [4.69, 9.17) is 0 Å². The van der Waals surface area contributed by atoms with E-state index in [-0.39, 0.29) is 18.0 Å². The minimum atomic E-state index is -0.492. The zero-order valence-electron chi connectivity index (χ0n) is 22.6. The van der Waals surface area contributed by atoms with Crippen molar-refractivity contribution in [2.24, 2.45) is 11.8 Å². The number of carbonyl (C=O) groups is 1. The average molecular weight is 515 g/mol. The van der Waals surface area contributed by atoms with Gasteiger partial charge in [0.15, 0.2) is 5.82 Å². The van der Waals surface area contributed by atoms with Crippen LogP contribution in [-0.4, -0.2) is 39.6 Å². The van der Waals surface area contributed by atoms with E-state index < -0.39 is 5.82 Å². The first-order valence-corrected chi connectivity index (χ1v) is 13.0. The van der Waals surface area contributed by atoms with Gasteiger partial charge in [-0.2, -0.15) is 5.21 Å². The second-order valence-corrected chi connectivity index (χ2v) is 10.5. The zero-order valence-corrected chi connectivity index (χ0v) is 22.6. The van der Waals surface area contributed by atoms with Crippen LogP contribution in [0.5, 0.6) is 0 Å². The predicted molar refractivity (Wildman–Crippen MR) is 150 cm³/mol. The number of aryl methyl sites for hydroxylation is 1. The van der Waals surface area contributed by atoms with Crippen molar-refractivity contribution < 1.29 is 9.18 Å². The summed E-state index contributed by atoms with van der Waals surface area (Å²) in [4.78, 5) is 15.4. The summed E-state index contributed by atoms with van der Waals surface area (Å²) in [7, 11) is 0. The van der Waals surface area contributed by atoms with Crippen molar-refractivity contribution in [2.75, 3.05) is 23.3 Å². The maximum absolute atomic E-state index is 16.5. The Morgan fingerprint density at radius 1 is 0.921 bits per heavy atom. The van der Waals surface area contributed by atoms with Gasteiger partial charge in [-0.25, -0.2) is 4.39 Å². The molecule has 198 valence electrons. The Morgan fingerprint density at radius 3 is 2.18 bits per heavy atom. The highest BCUT2D eigenvalue weighted by Gasteiger charge is 2.24. The van der Waals surface area contributed by atoms with Crippen LogP contribution in [0, 0.1) is 24.6 Å². The molecule has 0 radical (unpaired) electrons. The molecule has 0 saturated heterocycles. The second kappa shape index (κ2) is 12.0. The number of amides is 1. The van der Waals surface area contributed by atoms with Crippen molar-refractivity contribution >= 4 is 17.3 Å². The molecule has 0 fully saturated rings. The third-order valence-corrected chi connectivity index (χ3v) is 6.18. The number of benzene rings is 3. The van der Waals surface area contributed by atoms with E-state index in [0.717, 1.165) is 24.2 Å². The van der Waals surface area contributed by atoms with Crippen molar-refractivity contribution in [3.05, 3.63) is 77.6 Å². The number of rotatable bonds is 10. The third kappa shape index (κ3) is 6.43. The standard InChI is InChI=1S/C30H35FN6O/c1-19(2)17-37(18-20(3)4)26-15-14-24(23-8-6-7-9-25(23)30-33-35-36-34-30)28(31)29(26)32-27(38)16-22-12-10-21(5)11-13-22/h6-15,19-20H,16-18H2,1-5H3,(H,32,38)(H,33,34,35,36). The maximum Gasteiger partial charge on any atom is 0.228 e. The lowest BCUT2D eigenvalue weighted by Crippen LogP contribution is -2.32. The number of aromatic amines is 1. The smallest absolute Gasteiger partial charge is 0.228 e. The molecule has 3 aromatic carbocycles. The molecule has 0 spiro atoms. The van der Waals surface area contributed by atoms with Crippen LogP contribution < -0.4 is 10.2 Å². The Kier molecular flexibility index (Phi) is 8.51. The van der Waals surface area contributed by atoms with Crippen LogP contribution in [-0.2, 0) is 11.2 Å². The Balaban J connectivity index is 1.80. The van der Waals surface area contributed by atoms with Gasteiger partial charge in [0.05, 0.1) is 12.1 Å². The van der Waals surface area contributed by atoms with Gasteiger partial charge >= 0.3 is 0 Å². The van der Waals surface area contributed by atoms with Gasteiger partial charge in [0, 0.05) is 24.2 Å². The number of carbonyl (C=O) groups excluding carboxylic acids is 1. The molecule has 0 bridgehead atoms. The van der Waals surface area contributed by atoms with Gasteiger partial charge in [-0.3, -0.25) is 4.79 Å². The first-order chi connectivity index (χ1) is 18.2. The number of nitrogens with one attached hydrogen (secondary N) is 2. The highest BCUT2D eigenvalue weighted by molar-refractivity contribution is 5.97. The van der Waals surface area contributed by atoms with Crippen LogP contribution in [0.4, 0.5) is 15.8 Å². The lowest BCUT2D eigenvalue weighted by atomic mass is 9.97. The van der Waals surface area contributed by atoms with Crippen molar-refractivity contribution in [1.82, 2.24) is 20.6 Å². The summed E-state index contributed by atoms with van der Waals surface area (Å²) in [6.45, 7) is 12.0. The highest BCUT2D eigenvalue weighted by Crippen LogP contribution is 2.39. The molecule has 0 aliphatic carbocycles. The van der Waals surface area contributed by atoms with Gasteiger partial charge in [-0.05, 0) is 47.2 Å². The minimum absolute atomic E-state index is 0.150. The molecule has 0 unspecified atom stereocenters. The average Bonchev–Trinajstić information content (AvgIpc) is 3.41. The van der Waals surface area contributed by atoms with Gasteiger partial charge in [-0.1, -0.05) is 81.8 Å². The fourth-order valence-corrected chi connectivity index (χ4v) is 4.57. The van der Waals surface area contributed by atoms with Crippen LogP contribution in [0.3, 0.4) is 0 Å². The largest absolute Gasteiger partial charge is 0.369 e. The molecule has 1 amide bonds. The Hall–Kier alpha value is -4.07. The fourth-order valence-electron chi connectivity index (χ4n) is 4.57. The number of hydrogen-bond acceptors (Lipinski definition) is 5. The lowest BCUT2D eigenvalue weighted by molar-refractivity contribution is -0.115. The number of H-pyrrole nitrogens is 1. The summed E-state index contributed by atoms with van der Waals surface area (Å²) in [5.74, 6) is 0.313. The number of hydrogen-bond donors (Lipinski definition) is 2. The van der Waals surface area contributed by atoms with E-state index in [9.17, 15) is 4.79 Å². The van der Waals surface area contributed by atoms with E-state index in [1.807, 2.05) is 61.5 Å². The minimum Gasteiger partial charge on any atom is -0.369 e. The van der Waals surface area contributed by atoms with Crippen LogP contribution >= 0.6 is 0 Å². The molecule has 38 heavy (non-hydrogen) atoms. The molecule has 0 aliphatic heterocycles. The van der Waals surface area contributed by atoms with Crippen molar-refractivity contribution in [1.29, 1.82) is 0 Å². The van der Waals surface area contributed by atoms with Crippen molar-refractivity contribution in [3.8, 4) is 22.5 Å². The van der Waals surface area contributed by atoms with E-state index in [1.54, 1.807) is 6.07 Å². The van der Waals surface area contributed by atoms with E-state index >= 15 is 4.39 Å². The Bertz CT molecular complexity index is 1360.